The lowest BCUT2D eigenvalue weighted by molar-refractivity contribution is -0.116. The number of nitrogens with two attached hydrogens (primary N) is 1. The summed E-state index contributed by atoms with van der Waals surface area (Å²) in [7, 11) is 0. The Kier molecular flexibility index (Phi) is 4.97. The van der Waals surface area contributed by atoms with Crippen molar-refractivity contribution in [2.75, 3.05) is 5.32 Å². The number of fused-ring (bicyclic) bond motifs is 1. The molecule has 1 aromatic rings. The normalized spacial score (nSPS) is 15.7. The molecular formula is C16H24N2O. The molecule has 1 aromatic carbocycles. The van der Waals surface area contributed by atoms with E-state index in [-0.39, 0.29) is 11.9 Å². The van der Waals surface area contributed by atoms with Crippen LogP contribution in [0.3, 0.4) is 0 Å². The number of rotatable bonds is 5. The van der Waals surface area contributed by atoms with E-state index in [1.807, 2.05) is 19.1 Å². The Morgan fingerprint density at radius 3 is 2.95 bits per heavy atom. The zero-order valence-corrected chi connectivity index (χ0v) is 11.7. The van der Waals surface area contributed by atoms with Crippen LogP contribution in [0.2, 0.25) is 0 Å². The predicted molar refractivity (Wildman–Crippen MR) is 79.2 cm³/mol. The molecule has 1 atom stereocenters. The number of benzene rings is 1. The summed E-state index contributed by atoms with van der Waals surface area (Å²) in [5, 5.41) is 3.06. The van der Waals surface area contributed by atoms with Crippen molar-refractivity contribution in [2.24, 2.45) is 5.73 Å². The average molecular weight is 260 g/mol. The second-order valence-corrected chi connectivity index (χ2v) is 5.57. The van der Waals surface area contributed by atoms with Crippen LogP contribution in [0.1, 0.15) is 50.2 Å². The summed E-state index contributed by atoms with van der Waals surface area (Å²) in [6.45, 7) is 1.98. The fourth-order valence-corrected chi connectivity index (χ4v) is 2.70. The van der Waals surface area contributed by atoms with Gasteiger partial charge in [-0.3, -0.25) is 4.79 Å². The molecule has 0 radical (unpaired) electrons. The van der Waals surface area contributed by atoms with Gasteiger partial charge in [0.25, 0.3) is 0 Å². The third kappa shape index (κ3) is 4.06. The zero-order valence-electron chi connectivity index (χ0n) is 11.7. The summed E-state index contributed by atoms with van der Waals surface area (Å²) in [4.78, 5) is 11.9. The quantitative estimate of drug-likeness (QED) is 0.855. The molecule has 0 saturated carbocycles. The molecule has 1 aliphatic rings. The fraction of sp³-hybridized carbons (Fsp3) is 0.562. The van der Waals surface area contributed by atoms with Gasteiger partial charge in [-0.2, -0.15) is 0 Å². The van der Waals surface area contributed by atoms with Crippen LogP contribution in [0.15, 0.2) is 18.2 Å². The molecule has 0 fully saturated rings. The summed E-state index contributed by atoms with van der Waals surface area (Å²) in [6, 6.07) is 6.42. The van der Waals surface area contributed by atoms with Gasteiger partial charge in [0.1, 0.15) is 0 Å². The van der Waals surface area contributed by atoms with E-state index in [0.29, 0.717) is 6.42 Å². The van der Waals surface area contributed by atoms with E-state index in [4.69, 9.17) is 5.73 Å². The van der Waals surface area contributed by atoms with Gasteiger partial charge < -0.3 is 11.1 Å². The van der Waals surface area contributed by atoms with Crippen molar-refractivity contribution < 1.29 is 4.79 Å². The van der Waals surface area contributed by atoms with Crippen molar-refractivity contribution in [3.63, 3.8) is 0 Å². The molecule has 3 nitrogen and oxygen atoms in total. The largest absolute Gasteiger partial charge is 0.328 e. The highest BCUT2D eigenvalue weighted by Crippen LogP contribution is 2.27. The Labute approximate surface area is 115 Å². The second kappa shape index (κ2) is 6.71. The van der Waals surface area contributed by atoms with Crippen LogP contribution >= 0.6 is 0 Å². The third-order valence-corrected chi connectivity index (χ3v) is 3.73. The first-order valence-electron chi connectivity index (χ1n) is 7.33. The number of aryl methyl sites for hydroxylation is 1. The molecule has 19 heavy (non-hydrogen) atoms. The maximum absolute atomic E-state index is 11.9. The lowest BCUT2D eigenvalue weighted by Gasteiger charge is -2.19. The number of nitrogens with one attached hydrogen (secondary N) is 1. The monoisotopic (exact) mass is 260 g/mol. The van der Waals surface area contributed by atoms with Crippen molar-refractivity contribution in [1.29, 1.82) is 0 Å². The number of carbonyl (C=O) groups is 1. The molecular weight excluding hydrogens is 236 g/mol. The lowest BCUT2D eigenvalue weighted by Crippen LogP contribution is -2.18. The Hall–Kier alpha value is -1.35. The van der Waals surface area contributed by atoms with Gasteiger partial charge in [-0.15, -0.1) is 0 Å². The molecule has 0 spiro atoms. The van der Waals surface area contributed by atoms with Crippen molar-refractivity contribution in [3.8, 4) is 0 Å². The number of carbonyl (C=O) groups excluding carboxylic acids is 1. The van der Waals surface area contributed by atoms with Gasteiger partial charge >= 0.3 is 0 Å². The van der Waals surface area contributed by atoms with E-state index in [1.165, 1.54) is 24.0 Å². The molecule has 3 N–H and O–H groups in total. The Morgan fingerprint density at radius 1 is 1.37 bits per heavy atom. The average Bonchev–Trinajstić information content (AvgIpc) is 2.39. The standard InChI is InChI=1S/C16H24N2O/c1-12(17)6-4-11-16(19)18-15-10-5-8-13-7-2-3-9-14(13)15/h5,8,10,12H,2-4,6-7,9,11,17H2,1H3,(H,18,19). The Morgan fingerprint density at radius 2 is 2.16 bits per heavy atom. The first-order chi connectivity index (χ1) is 9.16. The van der Waals surface area contributed by atoms with Gasteiger partial charge in [0.2, 0.25) is 5.91 Å². The molecule has 0 bridgehead atoms. The summed E-state index contributed by atoms with van der Waals surface area (Å²) >= 11 is 0. The van der Waals surface area contributed by atoms with Crippen LogP contribution in [0, 0.1) is 0 Å². The second-order valence-electron chi connectivity index (χ2n) is 5.57. The molecule has 0 aliphatic heterocycles. The highest BCUT2D eigenvalue weighted by molar-refractivity contribution is 5.91. The van der Waals surface area contributed by atoms with Crippen molar-refractivity contribution in [2.45, 2.75) is 57.9 Å². The fourth-order valence-electron chi connectivity index (χ4n) is 2.70. The maximum atomic E-state index is 11.9. The Bertz CT molecular complexity index is 440. The first kappa shape index (κ1) is 14.1. The van der Waals surface area contributed by atoms with Gasteiger partial charge in [-0.05, 0) is 62.6 Å². The summed E-state index contributed by atoms with van der Waals surface area (Å²) in [5.41, 5.74) is 9.45. The predicted octanol–water partition coefficient (Wildman–Crippen LogP) is 3.02. The van der Waals surface area contributed by atoms with Gasteiger partial charge in [-0.25, -0.2) is 0 Å². The molecule has 1 aliphatic carbocycles. The summed E-state index contributed by atoms with van der Waals surface area (Å²) in [5.74, 6) is 0.111. The highest BCUT2D eigenvalue weighted by atomic mass is 16.1. The molecule has 0 saturated heterocycles. The maximum Gasteiger partial charge on any atom is 0.224 e. The van der Waals surface area contributed by atoms with Crippen molar-refractivity contribution in [1.82, 2.24) is 0 Å². The van der Waals surface area contributed by atoms with Gasteiger partial charge in [0, 0.05) is 18.2 Å². The summed E-state index contributed by atoms with van der Waals surface area (Å²) < 4.78 is 0. The molecule has 1 amide bonds. The van der Waals surface area contributed by atoms with Crippen LogP contribution in [-0.2, 0) is 17.6 Å². The smallest absolute Gasteiger partial charge is 0.224 e. The molecule has 1 unspecified atom stereocenters. The molecule has 2 rings (SSSR count). The van der Waals surface area contributed by atoms with Crippen LogP contribution in [0.25, 0.3) is 0 Å². The van der Waals surface area contributed by atoms with Crippen LogP contribution in [-0.4, -0.2) is 11.9 Å². The molecule has 0 heterocycles. The number of hydrogen-bond acceptors (Lipinski definition) is 2. The zero-order chi connectivity index (χ0) is 13.7. The van der Waals surface area contributed by atoms with Crippen molar-refractivity contribution >= 4 is 11.6 Å². The number of anilines is 1. The highest BCUT2D eigenvalue weighted by Gasteiger charge is 2.14. The summed E-state index contributed by atoms with van der Waals surface area (Å²) in [6.07, 6.45) is 7.04. The minimum atomic E-state index is 0.111. The van der Waals surface area contributed by atoms with Gasteiger partial charge in [0.15, 0.2) is 0 Å². The minimum Gasteiger partial charge on any atom is -0.328 e. The number of hydrogen-bond donors (Lipinski definition) is 2. The van der Waals surface area contributed by atoms with E-state index in [0.717, 1.165) is 31.4 Å². The lowest BCUT2D eigenvalue weighted by atomic mass is 9.90. The van der Waals surface area contributed by atoms with Crippen LogP contribution in [0.5, 0.6) is 0 Å². The third-order valence-electron chi connectivity index (χ3n) is 3.73. The SMILES string of the molecule is CC(N)CCCC(=O)Nc1cccc2c1CCCC2. The topological polar surface area (TPSA) is 55.1 Å². The number of amides is 1. The van der Waals surface area contributed by atoms with E-state index < -0.39 is 0 Å². The molecule has 3 heteroatoms. The van der Waals surface area contributed by atoms with E-state index in [9.17, 15) is 4.79 Å². The molecule has 0 aromatic heterocycles. The van der Waals surface area contributed by atoms with E-state index in [2.05, 4.69) is 11.4 Å². The van der Waals surface area contributed by atoms with Gasteiger partial charge in [-0.1, -0.05) is 12.1 Å². The van der Waals surface area contributed by atoms with Gasteiger partial charge in [0.05, 0.1) is 0 Å². The molecule has 104 valence electrons. The first-order valence-corrected chi connectivity index (χ1v) is 7.33. The van der Waals surface area contributed by atoms with Crippen LogP contribution in [0.4, 0.5) is 5.69 Å². The van der Waals surface area contributed by atoms with Crippen molar-refractivity contribution in [3.05, 3.63) is 29.3 Å². The van der Waals surface area contributed by atoms with E-state index >= 15 is 0 Å². The minimum absolute atomic E-state index is 0.111. The van der Waals surface area contributed by atoms with E-state index in [1.54, 1.807) is 0 Å². The van der Waals surface area contributed by atoms with Crippen LogP contribution < -0.4 is 11.1 Å². The Balaban J connectivity index is 1.93.